The van der Waals surface area contributed by atoms with Crippen LogP contribution in [0.2, 0.25) is 0 Å². The fourth-order valence-electron chi connectivity index (χ4n) is 1.30. The zero-order valence-corrected chi connectivity index (χ0v) is 11.9. The minimum atomic E-state index is -0.458. The number of carbonyl (C=O) groups is 2. The number of amides is 2. The summed E-state index contributed by atoms with van der Waals surface area (Å²) in [5.41, 5.74) is 0. The third-order valence-electron chi connectivity index (χ3n) is 2.83. The lowest BCUT2D eigenvalue weighted by molar-refractivity contribution is -0.136. The Morgan fingerprint density at radius 2 is 1.47 bits per heavy atom. The van der Waals surface area contributed by atoms with Crippen LogP contribution in [0.15, 0.2) is 0 Å². The molecule has 0 heterocycles. The van der Waals surface area contributed by atoms with Gasteiger partial charge in [0, 0.05) is 14.1 Å². The predicted molar refractivity (Wildman–Crippen MR) is 68.6 cm³/mol. The van der Waals surface area contributed by atoms with Crippen molar-refractivity contribution >= 4 is 11.8 Å². The van der Waals surface area contributed by atoms with Gasteiger partial charge in [-0.05, 0) is 26.9 Å². The van der Waals surface area contributed by atoms with Crippen molar-refractivity contribution in [2.24, 2.45) is 5.92 Å². The predicted octanol–water partition coefficient (Wildman–Crippen LogP) is 0.166. The van der Waals surface area contributed by atoms with Gasteiger partial charge in [-0.3, -0.25) is 14.5 Å². The van der Waals surface area contributed by atoms with Crippen LogP contribution < -0.4 is 5.32 Å². The van der Waals surface area contributed by atoms with E-state index in [1.165, 1.54) is 4.90 Å². The number of carbonyl (C=O) groups excluding carboxylic acids is 2. The Morgan fingerprint density at radius 1 is 1.00 bits per heavy atom. The Bertz CT molecular complexity index is 275. The van der Waals surface area contributed by atoms with Gasteiger partial charge < -0.3 is 10.2 Å². The third kappa shape index (κ3) is 4.73. The van der Waals surface area contributed by atoms with Gasteiger partial charge in [0.2, 0.25) is 11.8 Å². The van der Waals surface area contributed by atoms with Gasteiger partial charge in [-0.25, -0.2) is 0 Å². The van der Waals surface area contributed by atoms with Gasteiger partial charge in [0.15, 0.2) is 0 Å². The highest BCUT2D eigenvalue weighted by atomic mass is 16.2. The smallest absolute Gasteiger partial charge is 0.244 e. The molecular formula is C12H25N3O2. The molecule has 0 fully saturated rings. The molecule has 0 unspecified atom stereocenters. The van der Waals surface area contributed by atoms with Gasteiger partial charge in [-0.1, -0.05) is 13.8 Å². The summed E-state index contributed by atoms with van der Waals surface area (Å²) in [5, 5.41) is 2.81. The molecule has 5 heteroatoms. The topological polar surface area (TPSA) is 52.7 Å². The maximum absolute atomic E-state index is 11.9. The summed E-state index contributed by atoms with van der Waals surface area (Å²) in [7, 11) is 7.06. The van der Waals surface area contributed by atoms with Gasteiger partial charge in [-0.2, -0.15) is 0 Å². The Labute approximate surface area is 104 Å². The lowest BCUT2D eigenvalue weighted by atomic mass is 10.0. The second-order valence-electron chi connectivity index (χ2n) is 5.10. The molecule has 0 spiro atoms. The van der Waals surface area contributed by atoms with Gasteiger partial charge in [-0.15, -0.1) is 0 Å². The molecule has 0 saturated carbocycles. The van der Waals surface area contributed by atoms with Crippen LogP contribution >= 0.6 is 0 Å². The summed E-state index contributed by atoms with van der Waals surface area (Å²) in [6.07, 6.45) is 0. The van der Waals surface area contributed by atoms with E-state index in [1.54, 1.807) is 14.1 Å². The van der Waals surface area contributed by atoms with E-state index in [4.69, 9.17) is 0 Å². The number of hydrogen-bond acceptors (Lipinski definition) is 3. The molecule has 5 nitrogen and oxygen atoms in total. The molecule has 0 radical (unpaired) electrons. The van der Waals surface area contributed by atoms with Gasteiger partial charge in [0.1, 0.15) is 6.04 Å². The molecule has 1 N–H and O–H groups in total. The number of likely N-dealkylation sites (N-methyl/N-ethyl adjacent to an activating group) is 2. The molecule has 0 aromatic heterocycles. The first-order valence-corrected chi connectivity index (χ1v) is 5.86. The zero-order valence-electron chi connectivity index (χ0n) is 11.9. The molecule has 100 valence electrons. The van der Waals surface area contributed by atoms with Crippen LogP contribution in [0.25, 0.3) is 0 Å². The molecule has 0 aliphatic heterocycles. The monoisotopic (exact) mass is 243 g/mol. The summed E-state index contributed by atoms with van der Waals surface area (Å²) in [6, 6.07) is -0.703. The largest absolute Gasteiger partial charge is 0.347 e. The van der Waals surface area contributed by atoms with Crippen molar-refractivity contribution in [3.63, 3.8) is 0 Å². The molecule has 2 atom stereocenters. The van der Waals surface area contributed by atoms with Gasteiger partial charge in [0.05, 0.1) is 6.04 Å². The van der Waals surface area contributed by atoms with E-state index in [0.29, 0.717) is 0 Å². The van der Waals surface area contributed by atoms with Crippen molar-refractivity contribution < 1.29 is 9.59 Å². The van der Waals surface area contributed by atoms with Crippen LogP contribution in [0.3, 0.4) is 0 Å². The standard InChI is InChI=1S/C12H25N3O2/c1-8(2)10(12(17)15(6)7)13-11(16)9(3)14(4)5/h8-10H,1-7H3,(H,13,16)/t9-,10-/m0/s1. The normalized spacial score (nSPS) is 14.6. The molecule has 0 aliphatic rings. The molecule has 0 saturated heterocycles. The molecular weight excluding hydrogens is 218 g/mol. The number of hydrogen-bond donors (Lipinski definition) is 1. The highest BCUT2D eigenvalue weighted by Crippen LogP contribution is 2.05. The SMILES string of the molecule is CC(C)[C@H](NC(=O)[C@H](C)N(C)C)C(=O)N(C)C. The van der Waals surface area contributed by atoms with E-state index in [2.05, 4.69) is 5.32 Å². The Morgan fingerprint density at radius 3 is 1.76 bits per heavy atom. The van der Waals surface area contributed by atoms with E-state index < -0.39 is 6.04 Å². The van der Waals surface area contributed by atoms with Gasteiger partial charge >= 0.3 is 0 Å². The first-order chi connectivity index (χ1) is 7.68. The number of nitrogens with one attached hydrogen (secondary N) is 1. The Hall–Kier alpha value is -1.10. The molecule has 0 aromatic carbocycles. The lowest BCUT2D eigenvalue weighted by Crippen LogP contribution is -2.53. The van der Waals surface area contributed by atoms with E-state index in [1.807, 2.05) is 39.8 Å². The summed E-state index contributed by atoms with van der Waals surface area (Å²) >= 11 is 0. The minimum Gasteiger partial charge on any atom is -0.347 e. The summed E-state index contributed by atoms with van der Waals surface area (Å²) < 4.78 is 0. The maximum atomic E-state index is 11.9. The number of rotatable bonds is 5. The first-order valence-electron chi connectivity index (χ1n) is 5.86. The molecule has 2 amide bonds. The maximum Gasteiger partial charge on any atom is 0.244 e. The lowest BCUT2D eigenvalue weighted by Gasteiger charge is -2.27. The molecule has 0 aliphatic carbocycles. The van der Waals surface area contributed by atoms with Crippen LogP contribution in [-0.4, -0.2) is 61.9 Å². The molecule has 17 heavy (non-hydrogen) atoms. The van der Waals surface area contributed by atoms with Crippen molar-refractivity contribution in [1.82, 2.24) is 15.1 Å². The second-order valence-corrected chi connectivity index (χ2v) is 5.10. The zero-order chi connectivity index (χ0) is 13.7. The van der Waals surface area contributed by atoms with E-state index >= 15 is 0 Å². The van der Waals surface area contributed by atoms with Crippen molar-refractivity contribution in [3.8, 4) is 0 Å². The molecule has 0 bridgehead atoms. The molecule has 0 aromatic rings. The fourth-order valence-corrected chi connectivity index (χ4v) is 1.30. The Balaban J connectivity index is 4.68. The van der Waals surface area contributed by atoms with E-state index in [0.717, 1.165) is 0 Å². The van der Waals surface area contributed by atoms with Crippen molar-refractivity contribution in [1.29, 1.82) is 0 Å². The second kappa shape index (κ2) is 6.59. The average Bonchev–Trinajstić information content (AvgIpc) is 2.22. The summed E-state index contributed by atoms with van der Waals surface area (Å²) in [6.45, 7) is 5.66. The van der Waals surface area contributed by atoms with Crippen LogP contribution in [0.1, 0.15) is 20.8 Å². The van der Waals surface area contributed by atoms with Crippen molar-refractivity contribution in [3.05, 3.63) is 0 Å². The van der Waals surface area contributed by atoms with E-state index in [9.17, 15) is 9.59 Å². The highest BCUT2D eigenvalue weighted by Gasteiger charge is 2.27. The van der Waals surface area contributed by atoms with Crippen LogP contribution in [0, 0.1) is 5.92 Å². The minimum absolute atomic E-state index is 0.0701. The van der Waals surface area contributed by atoms with Crippen LogP contribution in [0.4, 0.5) is 0 Å². The molecule has 0 rings (SSSR count). The average molecular weight is 243 g/mol. The highest BCUT2D eigenvalue weighted by molar-refractivity contribution is 5.89. The van der Waals surface area contributed by atoms with Crippen LogP contribution in [-0.2, 0) is 9.59 Å². The Kier molecular flexibility index (Phi) is 6.16. The summed E-state index contributed by atoms with van der Waals surface area (Å²) in [5.74, 6) is -0.119. The third-order valence-corrected chi connectivity index (χ3v) is 2.83. The fraction of sp³-hybridized carbons (Fsp3) is 0.833. The van der Waals surface area contributed by atoms with Gasteiger partial charge in [0.25, 0.3) is 0 Å². The van der Waals surface area contributed by atoms with Crippen molar-refractivity contribution in [2.45, 2.75) is 32.9 Å². The van der Waals surface area contributed by atoms with Crippen molar-refractivity contribution in [2.75, 3.05) is 28.2 Å². The first kappa shape index (κ1) is 15.9. The number of nitrogens with zero attached hydrogens (tertiary/aromatic N) is 2. The van der Waals surface area contributed by atoms with Crippen LogP contribution in [0.5, 0.6) is 0 Å². The summed E-state index contributed by atoms with van der Waals surface area (Å²) in [4.78, 5) is 27.1. The van der Waals surface area contributed by atoms with E-state index in [-0.39, 0.29) is 23.8 Å². The quantitative estimate of drug-likeness (QED) is 0.748.